The number of nitrogens with zero attached hydrogens (tertiary/aromatic N) is 3. The minimum atomic E-state index is -0.238. The van der Waals surface area contributed by atoms with Crippen LogP contribution in [0.5, 0.6) is 0 Å². The number of aryl methyl sites for hydroxylation is 2. The maximum absolute atomic E-state index is 12.9. The summed E-state index contributed by atoms with van der Waals surface area (Å²) >= 11 is 0. The third kappa shape index (κ3) is 5.31. The summed E-state index contributed by atoms with van der Waals surface area (Å²) in [7, 11) is 0. The number of carbonyl (C=O) groups excluding carboxylic acids is 1. The molecule has 1 atom stereocenters. The highest BCUT2D eigenvalue weighted by Crippen LogP contribution is 2.44. The molecular weight excluding hydrogens is 422 g/mol. The van der Waals surface area contributed by atoms with Crippen molar-refractivity contribution in [1.82, 2.24) is 9.80 Å². The van der Waals surface area contributed by atoms with Gasteiger partial charge in [0.05, 0.1) is 5.41 Å². The van der Waals surface area contributed by atoms with Crippen molar-refractivity contribution in [2.45, 2.75) is 52.2 Å². The summed E-state index contributed by atoms with van der Waals surface area (Å²) in [4.78, 5) is 20.4. The molecule has 1 unspecified atom stereocenters. The van der Waals surface area contributed by atoms with E-state index in [0.717, 1.165) is 78.0 Å². The molecule has 2 aromatic rings. The smallest absolute Gasteiger partial charge is 0.312 e. The van der Waals surface area contributed by atoms with Crippen LogP contribution in [0.2, 0.25) is 0 Å². The number of piperidine rings is 1. The normalized spacial score (nSPS) is 23.4. The summed E-state index contributed by atoms with van der Waals surface area (Å²) in [5.74, 6) is 0.0664. The monoisotopic (exact) mass is 461 g/mol. The number of ether oxygens (including phenoxy) is 1. The van der Waals surface area contributed by atoms with Gasteiger partial charge in [0, 0.05) is 51.4 Å². The predicted octanol–water partition coefficient (Wildman–Crippen LogP) is 4.41. The number of benzene rings is 2. The van der Waals surface area contributed by atoms with Crippen LogP contribution in [0.15, 0.2) is 48.5 Å². The Morgan fingerprint density at radius 2 is 1.44 bits per heavy atom. The van der Waals surface area contributed by atoms with Gasteiger partial charge in [-0.1, -0.05) is 47.5 Å². The number of piperazine rings is 1. The first kappa shape index (κ1) is 23.4. The van der Waals surface area contributed by atoms with E-state index in [-0.39, 0.29) is 17.5 Å². The lowest BCUT2D eigenvalue weighted by Crippen LogP contribution is -2.47. The van der Waals surface area contributed by atoms with Gasteiger partial charge in [-0.3, -0.25) is 14.6 Å². The average molecular weight is 462 g/mol. The Balaban J connectivity index is 1.05. The Hall–Kier alpha value is -2.37. The fourth-order valence-corrected chi connectivity index (χ4v) is 5.81. The standard InChI is InChI=1S/C29H39N3O2/c1-23-3-7-25(8-4-23)22-31-15-12-29(13-16-31)21-27(34-28(29)33)11-14-30-17-19-32(20-18-30)26-9-5-24(2)6-10-26/h3-10,27H,11-22H2,1-2H3. The SMILES string of the molecule is Cc1ccc(CN2CCC3(CC2)CC(CCN2CCN(c4ccc(C)cc4)CC2)OC3=O)cc1. The number of cyclic esters (lactones) is 1. The van der Waals surface area contributed by atoms with E-state index in [1.807, 2.05) is 0 Å². The van der Waals surface area contributed by atoms with E-state index in [9.17, 15) is 4.79 Å². The van der Waals surface area contributed by atoms with Gasteiger partial charge < -0.3 is 9.64 Å². The van der Waals surface area contributed by atoms with Gasteiger partial charge in [-0.05, 0) is 63.9 Å². The summed E-state index contributed by atoms with van der Waals surface area (Å²) in [6, 6.07) is 17.7. The van der Waals surface area contributed by atoms with Gasteiger partial charge in [-0.25, -0.2) is 0 Å². The maximum Gasteiger partial charge on any atom is 0.312 e. The molecule has 0 N–H and O–H groups in total. The molecule has 0 amide bonds. The van der Waals surface area contributed by atoms with Gasteiger partial charge in [0.25, 0.3) is 0 Å². The molecule has 182 valence electrons. The Kier molecular flexibility index (Phi) is 6.94. The summed E-state index contributed by atoms with van der Waals surface area (Å²) in [5.41, 5.74) is 5.05. The fraction of sp³-hybridized carbons (Fsp3) is 0.552. The van der Waals surface area contributed by atoms with Crippen molar-refractivity contribution in [3.8, 4) is 0 Å². The van der Waals surface area contributed by atoms with Gasteiger partial charge in [-0.2, -0.15) is 0 Å². The minimum absolute atomic E-state index is 0.0664. The van der Waals surface area contributed by atoms with E-state index in [4.69, 9.17) is 4.74 Å². The third-order valence-electron chi connectivity index (χ3n) is 8.20. The van der Waals surface area contributed by atoms with Crippen LogP contribution >= 0.6 is 0 Å². The second kappa shape index (κ2) is 10.1. The summed E-state index contributed by atoms with van der Waals surface area (Å²) in [6.45, 7) is 12.5. The number of rotatable bonds is 6. The Morgan fingerprint density at radius 1 is 0.824 bits per heavy atom. The van der Waals surface area contributed by atoms with Crippen LogP contribution < -0.4 is 4.90 Å². The van der Waals surface area contributed by atoms with Crippen LogP contribution in [0, 0.1) is 19.3 Å². The van der Waals surface area contributed by atoms with Crippen molar-refractivity contribution in [1.29, 1.82) is 0 Å². The van der Waals surface area contributed by atoms with Crippen LogP contribution in [0.25, 0.3) is 0 Å². The van der Waals surface area contributed by atoms with Crippen LogP contribution in [-0.4, -0.2) is 67.7 Å². The molecule has 5 heteroatoms. The van der Waals surface area contributed by atoms with Gasteiger partial charge in [-0.15, -0.1) is 0 Å². The summed E-state index contributed by atoms with van der Waals surface area (Å²) in [6.07, 6.45) is 3.83. The van der Waals surface area contributed by atoms with Gasteiger partial charge in [0.2, 0.25) is 0 Å². The number of hydrogen-bond acceptors (Lipinski definition) is 5. The van der Waals surface area contributed by atoms with Crippen molar-refractivity contribution >= 4 is 11.7 Å². The number of hydrogen-bond donors (Lipinski definition) is 0. The summed E-state index contributed by atoms with van der Waals surface area (Å²) < 4.78 is 5.92. The third-order valence-corrected chi connectivity index (χ3v) is 8.20. The van der Waals surface area contributed by atoms with E-state index in [0.29, 0.717) is 0 Å². The van der Waals surface area contributed by atoms with Gasteiger partial charge >= 0.3 is 5.97 Å². The zero-order valence-electron chi connectivity index (χ0n) is 20.8. The molecule has 0 aliphatic carbocycles. The van der Waals surface area contributed by atoms with Crippen molar-refractivity contribution in [3.63, 3.8) is 0 Å². The largest absolute Gasteiger partial charge is 0.462 e. The maximum atomic E-state index is 12.9. The van der Waals surface area contributed by atoms with Crippen LogP contribution in [0.3, 0.4) is 0 Å². The molecule has 2 aromatic carbocycles. The fourth-order valence-electron chi connectivity index (χ4n) is 5.81. The second-order valence-corrected chi connectivity index (χ2v) is 10.7. The van der Waals surface area contributed by atoms with E-state index in [1.165, 1.54) is 22.4 Å². The topological polar surface area (TPSA) is 36.0 Å². The van der Waals surface area contributed by atoms with Crippen LogP contribution in [0.1, 0.15) is 42.4 Å². The first-order valence-electron chi connectivity index (χ1n) is 13.0. The molecule has 0 bridgehead atoms. The predicted molar refractivity (Wildman–Crippen MR) is 137 cm³/mol. The lowest BCUT2D eigenvalue weighted by Gasteiger charge is -2.37. The molecule has 0 saturated carbocycles. The lowest BCUT2D eigenvalue weighted by molar-refractivity contribution is -0.151. The highest BCUT2D eigenvalue weighted by Gasteiger charge is 2.50. The van der Waals surface area contributed by atoms with Crippen molar-refractivity contribution in [2.75, 3.05) is 50.7 Å². The molecule has 3 aliphatic heterocycles. The number of esters is 1. The molecule has 3 fully saturated rings. The molecule has 3 saturated heterocycles. The van der Waals surface area contributed by atoms with E-state index >= 15 is 0 Å². The van der Waals surface area contributed by atoms with Crippen LogP contribution in [0.4, 0.5) is 5.69 Å². The van der Waals surface area contributed by atoms with E-state index < -0.39 is 0 Å². The molecule has 0 aromatic heterocycles. The zero-order valence-corrected chi connectivity index (χ0v) is 20.8. The quantitative estimate of drug-likeness (QED) is 0.596. The van der Waals surface area contributed by atoms with E-state index in [2.05, 4.69) is 77.1 Å². The Labute approximate surface area is 204 Å². The summed E-state index contributed by atoms with van der Waals surface area (Å²) in [5, 5.41) is 0. The lowest BCUT2D eigenvalue weighted by atomic mass is 9.75. The first-order valence-corrected chi connectivity index (χ1v) is 13.0. The molecule has 5 nitrogen and oxygen atoms in total. The van der Waals surface area contributed by atoms with Crippen LogP contribution in [-0.2, 0) is 16.1 Å². The molecular formula is C29H39N3O2. The van der Waals surface area contributed by atoms with Crippen molar-refractivity contribution in [2.24, 2.45) is 5.41 Å². The minimum Gasteiger partial charge on any atom is -0.462 e. The molecule has 3 aliphatic rings. The first-order chi connectivity index (χ1) is 16.5. The Morgan fingerprint density at radius 3 is 2.09 bits per heavy atom. The van der Waals surface area contributed by atoms with Gasteiger partial charge in [0.1, 0.15) is 6.10 Å². The Bertz CT molecular complexity index is 956. The molecule has 34 heavy (non-hydrogen) atoms. The molecule has 5 rings (SSSR count). The molecule has 3 heterocycles. The average Bonchev–Trinajstić information content (AvgIpc) is 3.16. The van der Waals surface area contributed by atoms with Crippen molar-refractivity contribution < 1.29 is 9.53 Å². The molecule has 1 spiro atoms. The highest BCUT2D eigenvalue weighted by molar-refractivity contribution is 5.79. The number of carbonyl (C=O) groups is 1. The van der Waals surface area contributed by atoms with Gasteiger partial charge in [0.15, 0.2) is 0 Å². The van der Waals surface area contributed by atoms with E-state index in [1.54, 1.807) is 0 Å². The second-order valence-electron chi connectivity index (χ2n) is 10.7. The molecule has 0 radical (unpaired) electrons. The highest BCUT2D eigenvalue weighted by atomic mass is 16.6. The number of anilines is 1. The number of likely N-dealkylation sites (tertiary alicyclic amines) is 1. The zero-order chi connectivity index (χ0) is 23.5. The van der Waals surface area contributed by atoms with Crippen molar-refractivity contribution in [3.05, 3.63) is 65.2 Å².